The van der Waals surface area contributed by atoms with E-state index >= 15 is 0 Å². The molecule has 7 heteroatoms. The van der Waals surface area contributed by atoms with Gasteiger partial charge in [-0.25, -0.2) is 0 Å². The number of alkyl halides is 3. The lowest BCUT2D eigenvalue weighted by Gasteiger charge is -2.20. The number of hydrogen-bond acceptors (Lipinski definition) is 3. The number of amides is 1. The average Bonchev–Trinajstić information content (AvgIpc) is 2.96. The molecule has 94 valence electrons. The summed E-state index contributed by atoms with van der Waals surface area (Å²) in [6, 6.07) is 0.320. The van der Waals surface area contributed by atoms with Gasteiger partial charge in [-0.3, -0.25) is 9.69 Å². The van der Waals surface area contributed by atoms with Gasteiger partial charge in [-0.05, 0) is 12.8 Å². The quantitative estimate of drug-likeness (QED) is 0.690. The molecular weight excluding hydrogens is 223 g/mol. The number of halogens is 3. The molecule has 0 aliphatic heterocycles. The Morgan fingerprint density at radius 3 is 2.50 bits per heavy atom. The minimum Gasteiger partial charge on any atom is -0.346 e. The summed E-state index contributed by atoms with van der Waals surface area (Å²) in [5, 5.41) is 1.85. The molecule has 1 fully saturated rings. The first-order chi connectivity index (χ1) is 7.42. The number of nitrogens with zero attached hydrogens (tertiary/aromatic N) is 1. The summed E-state index contributed by atoms with van der Waals surface area (Å²) in [6.07, 6.45) is -2.37. The van der Waals surface area contributed by atoms with Crippen LogP contribution in [0.15, 0.2) is 0 Å². The van der Waals surface area contributed by atoms with E-state index in [1.165, 1.54) is 0 Å². The predicted octanol–water partition coefficient (Wildman–Crippen LogP) is 0.0880. The van der Waals surface area contributed by atoms with Gasteiger partial charge in [0.1, 0.15) is 6.54 Å². The molecule has 1 amide bonds. The first-order valence-corrected chi connectivity index (χ1v) is 5.20. The van der Waals surface area contributed by atoms with Crippen LogP contribution in [-0.4, -0.2) is 49.2 Å². The largest absolute Gasteiger partial charge is 0.405 e. The zero-order valence-corrected chi connectivity index (χ0v) is 8.89. The molecule has 1 saturated carbocycles. The molecule has 16 heavy (non-hydrogen) atoms. The summed E-state index contributed by atoms with van der Waals surface area (Å²) in [4.78, 5) is 13.0. The van der Waals surface area contributed by atoms with Gasteiger partial charge in [0.15, 0.2) is 0 Å². The Kier molecular flexibility index (Phi) is 4.55. The number of nitrogens with two attached hydrogens (primary N) is 1. The Labute approximate surface area is 92.0 Å². The fraction of sp³-hybridized carbons (Fsp3) is 0.889. The van der Waals surface area contributed by atoms with Gasteiger partial charge < -0.3 is 11.1 Å². The highest BCUT2D eigenvalue weighted by atomic mass is 19.4. The lowest BCUT2D eigenvalue weighted by molar-refractivity contribution is -0.139. The van der Waals surface area contributed by atoms with Crippen LogP contribution in [0.25, 0.3) is 0 Å². The summed E-state index contributed by atoms with van der Waals surface area (Å²) >= 11 is 0. The van der Waals surface area contributed by atoms with Crippen molar-refractivity contribution in [1.29, 1.82) is 0 Å². The van der Waals surface area contributed by atoms with E-state index in [-0.39, 0.29) is 6.54 Å². The molecule has 0 spiro atoms. The van der Waals surface area contributed by atoms with Crippen LogP contribution >= 0.6 is 0 Å². The van der Waals surface area contributed by atoms with E-state index in [0.717, 1.165) is 12.8 Å². The zero-order chi connectivity index (χ0) is 12.2. The molecule has 0 aromatic carbocycles. The van der Waals surface area contributed by atoms with Crippen LogP contribution in [0, 0.1) is 0 Å². The lowest BCUT2D eigenvalue weighted by Crippen LogP contribution is -2.43. The van der Waals surface area contributed by atoms with Crippen LogP contribution < -0.4 is 11.1 Å². The molecule has 1 aliphatic rings. The summed E-state index contributed by atoms with van der Waals surface area (Å²) in [5.74, 6) is -0.599. The van der Waals surface area contributed by atoms with Gasteiger partial charge >= 0.3 is 6.18 Å². The fourth-order valence-electron chi connectivity index (χ4n) is 1.44. The Hall–Kier alpha value is -0.820. The van der Waals surface area contributed by atoms with Gasteiger partial charge in [0, 0.05) is 19.1 Å². The third kappa shape index (κ3) is 5.32. The molecule has 1 aliphatic carbocycles. The molecule has 0 aromatic rings. The SMILES string of the molecule is NCCN(CC(=O)NCC(F)(F)F)C1CC1. The molecule has 0 bridgehead atoms. The Balaban J connectivity index is 2.25. The van der Waals surface area contributed by atoms with Crippen molar-refractivity contribution >= 4 is 5.91 Å². The van der Waals surface area contributed by atoms with Gasteiger partial charge in [0.2, 0.25) is 5.91 Å². The molecule has 0 radical (unpaired) electrons. The van der Waals surface area contributed by atoms with E-state index in [9.17, 15) is 18.0 Å². The van der Waals surface area contributed by atoms with Gasteiger partial charge in [0.25, 0.3) is 0 Å². The zero-order valence-electron chi connectivity index (χ0n) is 8.89. The molecule has 4 nitrogen and oxygen atoms in total. The summed E-state index contributed by atoms with van der Waals surface area (Å²) in [7, 11) is 0. The molecule has 0 heterocycles. The second kappa shape index (κ2) is 5.49. The van der Waals surface area contributed by atoms with E-state index < -0.39 is 18.6 Å². The van der Waals surface area contributed by atoms with Gasteiger partial charge in [-0.15, -0.1) is 0 Å². The number of nitrogens with one attached hydrogen (secondary N) is 1. The Bertz CT molecular complexity index is 241. The van der Waals surface area contributed by atoms with Crippen molar-refractivity contribution in [2.24, 2.45) is 5.73 Å². The van der Waals surface area contributed by atoms with Crippen molar-refractivity contribution < 1.29 is 18.0 Å². The first-order valence-electron chi connectivity index (χ1n) is 5.20. The maximum Gasteiger partial charge on any atom is 0.405 e. The molecule has 1 rings (SSSR count). The molecule has 0 saturated heterocycles. The highest BCUT2D eigenvalue weighted by molar-refractivity contribution is 5.78. The topological polar surface area (TPSA) is 58.4 Å². The third-order valence-corrected chi connectivity index (χ3v) is 2.31. The maximum absolute atomic E-state index is 11.8. The van der Waals surface area contributed by atoms with Crippen LogP contribution in [0.2, 0.25) is 0 Å². The smallest absolute Gasteiger partial charge is 0.346 e. The van der Waals surface area contributed by atoms with Crippen LogP contribution in [0.4, 0.5) is 13.2 Å². The summed E-state index contributed by atoms with van der Waals surface area (Å²) in [6.45, 7) is -0.321. The van der Waals surface area contributed by atoms with Crippen molar-refractivity contribution in [2.45, 2.75) is 25.1 Å². The molecule has 3 N–H and O–H groups in total. The highest BCUT2D eigenvalue weighted by Gasteiger charge is 2.31. The fourth-order valence-corrected chi connectivity index (χ4v) is 1.44. The average molecular weight is 239 g/mol. The third-order valence-electron chi connectivity index (χ3n) is 2.31. The minimum absolute atomic E-state index is 0.00204. The van der Waals surface area contributed by atoms with E-state index in [1.807, 2.05) is 10.2 Å². The normalized spacial score (nSPS) is 16.6. The monoisotopic (exact) mass is 239 g/mol. The standard InChI is InChI=1S/C9H16F3N3O/c10-9(11,12)6-14-8(16)5-15(4-3-13)7-1-2-7/h7H,1-6,13H2,(H,14,16). The highest BCUT2D eigenvalue weighted by Crippen LogP contribution is 2.25. The van der Waals surface area contributed by atoms with Crippen molar-refractivity contribution in [3.8, 4) is 0 Å². The van der Waals surface area contributed by atoms with Crippen LogP contribution in [-0.2, 0) is 4.79 Å². The van der Waals surface area contributed by atoms with E-state index in [0.29, 0.717) is 19.1 Å². The number of rotatable bonds is 6. The summed E-state index contributed by atoms with van der Waals surface area (Å²) in [5.41, 5.74) is 5.36. The lowest BCUT2D eigenvalue weighted by atomic mass is 10.4. The van der Waals surface area contributed by atoms with Gasteiger partial charge in [-0.1, -0.05) is 0 Å². The maximum atomic E-state index is 11.8. The Morgan fingerprint density at radius 1 is 1.44 bits per heavy atom. The van der Waals surface area contributed by atoms with Crippen LogP contribution in [0.5, 0.6) is 0 Å². The van der Waals surface area contributed by atoms with Gasteiger partial charge in [0.05, 0.1) is 6.54 Å². The molecule has 0 aromatic heterocycles. The molecule has 0 unspecified atom stereocenters. The van der Waals surface area contributed by atoms with Crippen molar-refractivity contribution in [1.82, 2.24) is 10.2 Å². The molecule has 0 atom stereocenters. The summed E-state index contributed by atoms with van der Waals surface area (Å²) < 4.78 is 35.5. The van der Waals surface area contributed by atoms with Crippen molar-refractivity contribution in [2.75, 3.05) is 26.2 Å². The number of hydrogen-bond donors (Lipinski definition) is 2. The van der Waals surface area contributed by atoms with E-state index in [1.54, 1.807) is 0 Å². The van der Waals surface area contributed by atoms with Crippen molar-refractivity contribution in [3.05, 3.63) is 0 Å². The van der Waals surface area contributed by atoms with Crippen molar-refractivity contribution in [3.63, 3.8) is 0 Å². The van der Waals surface area contributed by atoms with Crippen LogP contribution in [0.3, 0.4) is 0 Å². The predicted molar refractivity (Wildman–Crippen MR) is 52.7 cm³/mol. The second-order valence-corrected chi connectivity index (χ2v) is 3.88. The minimum atomic E-state index is -4.35. The Morgan fingerprint density at radius 2 is 2.06 bits per heavy atom. The van der Waals surface area contributed by atoms with Crippen LogP contribution in [0.1, 0.15) is 12.8 Å². The first kappa shape index (κ1) is 13.2. The van der Waals surface area contributed by atoms with E-state index in [4.69, 9.17) is 5.73 Å². The van der Waals surface area contributed by atoms with E-state index in [2.05, 4.69) is 0 Å². The van der Waals surface area contributed by atoms with Gasteiger partial charge in [-0.2, -0.15) is 13.2 Å². The number of carbonyl (C=O) groups excluding carboxylic acids is 1. The number of carbonyl (C=O) groups is 1. The second-order valence-electron chi connectivity index (χ2n) is 3.88. The molecular formula is C9H16F3N3O.